The van der Waals surface area contributed by atoms with Gasteiger partial charge >= 0.3 is 0 Å². The summed E-state index contributed by atoms with van der Waals surface area (Å²) >= 11 is 0. The molecule has 2 aliphatic heterocycles. The van der Waals surface area contributed by atoms with Gasteiger partial charge in [0.1, 0.15) is 0 Å². The van der Waals surface area contributed by atoms with Crippen molar-refractivity contribution < 1.29 is 9.21 Å². The van der Waals surface area contributed by atoms with E-state index in [1.807, 2.05) is 35.2 Å². The van der Waals surface area contributed by atoms with Crippen molar-refractivity contribution in [2.75, 3.05) is 49.5 Å². The third kappa shape index (κ3) is 4.69. The van der Waals surface area contributed by atoms with Crippen molar-refractivity contribution in [2.24, 2.45) is 11.5 Å². The minimum Gasteiger partial charge on any atom is -0.459 e. The number of carbonyl (C=O) groups excluding carboxylic acids is 1. The van der Waals surface area contributed by atoms with Gasteiger partial charge in [-0.05, 0) is 42.3 Å². The lowest BCUT2D eigenvalue weighted by Crippen LogP contribution is -2.50. The first-order valence-corrected chi connectivity index (χ1v) is 10.5. The molecule has 7 N–H and O–H groups in total. The molecule has 1 amide bonds. The van der Waals surface area contributed by atoms with Crippen LogP contribution in [0.1, 0.15) is 22.5 Å². The molecule has 1 fully saturated rings. The summed E-state index contributed by atoms with van der Waals surface area (Å²) in [5.74, 6) is 0.124. The molecule has 2 aromatic rings. The van der Waals surface area contributed by atoms with Crippen LogP contribution in [0.25, 0.3) is 5.57 Å². The maximum atomic E-state index is 12.6. The molecule has 3 heterocycles. The Morgan fingerprint density at radius 1 is 0.969 bits per heavy atom. The average Bonchev–Trinajstić information content (AvgIpc) is 3.30. The van der Waals surface area contributed by atoms with E-state index in [1.54, 1.807) is 17.2 Å². The predicted octanol–water partition coefficient (Wildman–Crippen LogP) is 1.53. The van der Waals surface area contributed by atoms with Crippen LogP contribution in [0, 0.1) is 10.8 Å². The van der Waals surface area contributed by atoms with Crippen LogP contribution in [-0.4, -0.2) is 66.9 Å². The molecule has 2 aliphatic rings. The lowest BCUT2D eigenvalue weighted by atomic mass is 10.0. The summed E-state index contributed by atoms with van der Waals surface area (Å²) in [6.45, 7) is 4.27. The van der Waals surface area contributed by atoms with Gasteiger partial charge in [0.15, 0.2) is 17.7 Å². The van der Waals surface area contributed by atoms with Crippen molar-refractivity contribution in [3.8, 4) is 0 Å². The molecular weight excluding hydrogens is 408 g/mol. The number of benzene rings is 1. The number of piperazine rings is 1. The maximum absolute atomic E-state index is 12.6. The molecule has 0 radical (unpaired) electrons. The number of nitrogens with zero attached hydrogens (tertiary/aromatic N) is 3. The van der Waals surface area contributed by atoms with Crippen LogP contribution in [0.3, 0.4) is 0 Å². The molecule has 0 unspecified atom stereocenters. The molecule has 1 saturated heterocycles. The molecule has 32 heavy (non-hydrogen) atoms. The predicted molar refractivity (Wildman–Crippen MR) is 125 cm³/mol. The highest BCUT2D eigenvalue weighted by Gasteiger charge is 2.19. The molecule has 10 heteroatoms. The summed E-state index contributed by atoms with van der Waals surface area (Å²) in [4.78, 5) is 18.5. The van der Waals surface area contributed by atoms with Crippen molar-refractivity contribution in [2.45, 2.75) is 6.42 Å². The van der Waals surface area contributed by atoms with Gasteiger partial charge in [-0.25, -0.2) is 0 Å². The summed E-state index contributed by atoms with van der Waals surface area (Å²) in [6.07, 6.45) is 4.34. The van der Waals surface area contributed by atoms with E-state index in [-0.39, 0.29) is 23.6 Å². The van der Waals surface area contributed by atoms with Gasteiger partial charge in [0, 0.05) is 56.2 Å². The van der Waals surface area contributed by atoms with Crippen LogP contribution in [0.5, 0.6) is 0 Å². The standard InChI is InChI=1S/C22H28N8O2/c23-21(24)29-7-5-15(6-8-29)16-13-19(32-14-16)20(31)27-17-1-3-18(4-2-17)28-9-11-30(12-10-28)22(25)26/h1-5,13-14H,6-12H2,(H3,23,24)(H3,25,26)(H,27,31). The summed E-state index contributed by atoms with van der Waals surface area (Å²) in [6, 6.07) is 9.43. The minimum absolute atomic E-state index is 0.0666. The first-order chi connectivity index (χ1) is 15.4. The van der Waals surface area contributed by atoms with E-state index >= 15 is 0 Å². The molecule has 0 atom stereocenters. The van der Waals surface area contributed by atoms with E-state index in [9.17, 15) is 4.79 Å². The Morgan fingerprint density at radius 3 is 2.25 bits per heavy atom. The van der Waals surface area contributed by atoms with Crippen molar-refractivity contribution in [3.63, 3.8) is 0 Å². The lowest BCUT2D eigenvalue weighted by Gasteiger charge is -2.36. The molecular formula is C22H28N8O2. The van der Waals surface area contributed by atoms with Crippen LogP contribution < -0.4 is 21.7 Å². The summed E-state index contributed by atoms with van der Waals surface area (Å²) in [5, 5.41) is 17.9. The van der Waals surface area contributed by atoms with Crippen LogP contribution in [-0.2, 0) is 0 Å². The number of hydrogen-bond acceptors (Lipinski definition) is 5. The average molecular weight is 437 g/mol. The number of hydrogen-bond donors (Lipinski definition) is 5. The van der Waals surface area contributed by atoms with Crippen molar-refractivity contribution in [3.05, 3.63) is 54.0 Å². The van der Waals surface area contributed by atoms with Gasteiger partial charge in [0.25, 0.3) is 5.91 Å². The van der Waals surface area contributed by atoms with E-state index in [4.69, 9.17) is 26.7 Å². The number of carbonyl (C=O) groups is 1. The number of nitrogens with one attached hydrogen (secondary N) is 3. The van der Waals surface area contributed by atoms with Crippen molar-refractivity contribution in [1.82, 2.24) is 9.80 Å². The van der Waals surface area contributed by atoms with Crippen LogP contribution >= 0.6 is 0 Å². The Balaban J connectivity index is 1.34. The zero-order valence-corrected chi connectivity index (χ0v) is 17.8. The quantitative estimate of drug-likeness (QED) is 0.360. The maximum Gasteiger partial charge on any atom is 0.291 e. The highest BCUT2D eigenvalue weighted by Crippen LogP contribution is 2.25. The molecule has 1 aromatic carbocycles. The number of guanidine groups is 2. The monoisotopic (exact) mass is 436 g/mol. The second-order valence-electron chi connectivity index (χ2n) is 7.87. The lowest BCUT2D eigenvalue weighted by molar-refractivity contribution is 0.0996. The fourth-order valence-electron chi connectivity index (χ4n) is 3.93. The Hall–Kier alpha value is -3.95. The van der Waals surface area contributed by atoms with Crippen molar-refractivity contribution >= 4 is 34.8 Å². The third-order valence-electron chi connectivity index (χ3n) is 5.85. The zero-order chi connectivity index (χ0) is 22.7. The fourth-order valence-corrected chi connectivity index (χ4v) is 3.93. The van der Waals surface area contributed by atoms with Crippen LogP contribution in [0.4, 0.5) is 11.4 Å². The Morgan fingerprint density at radius 2 is 1.66 bits per heavy atom. The normalized spacial score (nSPS) is 16.5. The van der Waals surface area contributed by atoms with E-state index in [1.165, 1.54) is 0 Å². The van der Waals surface area contributed by atoms with E-state index in [0.29, 0.717) is 18.8 Å². The number of furan rings is 1. The topological polar surface area (TPSA) is 152 Å². The first-order valence-electron chi connectivity index (χ1n) is 10.5. The Bertz CT molecular complexity index is 1030. The highest BCUT2D eigenvalue weighted by molar-refractivity contribution is 6.02. The van der Waals surface area contributed by atoms with Gasteiger partial charge in [-0.2, -0.15) is 0 Å². The van der Waals surface area contributed by atoms with Gasteiger partial charge < -0.3 is 35.9 Å². The largest absolute Gasteiger partial charge is 0.459 e. The van der Waals surface area contributed by atoms with Gasteiger partial charge in [-0.1, -0.05) is 6.08 Å². The molecule has 0 aliphatic carbocycles. The van der Waals surface area contributed by atoms with Gasteiger partial charge in [-0.15, -0.1) is 0 Å². The fraction of sp³-hybridized carbons (Fsp3) is 0.318. The smallest absolute Gasteiger partial charge is 0.291 e. The van der Waals surface area contributed by atoms with Crippen LogP contribution in [0.2, 0.25) is 0 Å². The number of rotatable bonds is 4. The number of amides is 1. The minimum atomic E-state index is -0.305. The summed E-state index contributed by atoms with van der Waals surface area (Å²) < 4.78 is 5.50. The second-order valence-corrected chi connectivity index (χ2v) is 7.87. The van der Waals surface area contributed by atoms with Crippen LogP contribution in [0.15, 0.2) is 47.1 Å². The molecule has 0 saturated carbocycles. The van der Waals surface area contributed by atoms with E-state index in [0.717, 1.165) is 49.4 Å². The van der Waals surface area contributed by atoms with Gasteiger partial charge in [0.05, 0.1) is 6.26 Å². The molecule has 0 bridgehead atoms. The number of anilines is 2. The Kier molecular flexibility index (Phi) is 6.02. The van der Waals surface area contributed by atoms with E-state index in [2.05, 4.69) is 10.2 Å². The third-order valence-corrected chi connectivity index (χ3v) is 5.85. The van der Waals surface area contributed by atoms with Gasteiger partial charge in [0.2, 0.25) is 0 Å². The molecule has 0 spiro atoms. The summed E-state index contributed by atoms with van der Waals surface area (Å²) in [5.41, 5.74) is 14.8. The second kappa shape index (κ2) is 9.04. The molecule has 4 rings (SSSR count). The Labute approximate surface area is 186 Å². The van der Waals surface area contributed by atoms with Gasteiger partial charge in [-0.3, -0.25) is 15.6 Å². The molecule has 10 nitrogen and oxygen atoms in total. The SMILES string of the molecule is N=C(N)N1CC=C(c2coc(C(=O)Nc3ccc(N4CCN(C(=N)N)CC4)cc3)c2)CC1. The van der Waals surface area contributed by atoms with E-state index < -0.39 is 0 Å². The molecule has 168 valence electrons. The zero-order valence-electron chi connectivity index (χ0n) is 17.8. The number of nitrogens with two attached hydrogens (primary N) is 2. The van der Waals surface area contributed by atoms with Crippen molar-refractivity contribution in [1.29, 1.82) is 10.8 Å². The summed E-state index contributed by atoms with van der Waals surface area (Å²) in [7, 11) is 0. The molecule has 1 aromatic heterocycles. The highest BCUT2D eigenvalue weighted by atomic mass is 16.3. The first kappa shape index (κ1) is 21.3.